The first-order valence-corrected chi connectivity index (χ1v) is 8.70. The van der Waals surface area contributed by atoms with E-state index < -0.39 is 5.60 Å². The number of amides is 1. The molecule has 3 rings (SSSR count). The molecule has 0 aromatic carbocycles. The highest BCUT2D eigenvalue weighted by Crippen LogP contribution is 2.23. The van der Waals surface area contributed by atoms with Gasteiger partial charge >= 0.3 is 6.09 Å². The highest BCUT2D eigenvalue weighted by atomic mass is 16.6. The molecule has 136 valence electrons. The van der Waals surface area contributed by atoms with E-state index in [4.69, 9.17) is 4.74 Å². The average molecular weight is 346 g/mol. The van der Waals surface area contributed by atoms with Gasteiger partial charge in [-0.2, -0.15) is 0 Å². The minimum Gasteiger partial charge on any atom is -0.444 e. The monoisotopic (exact) mass is 346 g/mol. The molecular formula is C17H26N6O2. The molecule has 0 bridgehead atoms. The van der Waals surface area contributed by atoms with Crippen molar-refractivity contribution >= 4 is 23.1 Å². The fraction of sp³-hybridized carbons (Fsp3) is 0.647. The highest BCUT2D eigenvalue weighted by Gasteiger charge is 2.30. The third-order valence-corrected chi connectivity index (χ3v) is 4.22. The van der Waals surface area contributed by atoms with Gasteiger partial charge in [-0.3, -0.25) is 0 Å². The number of carbonyl (C=O) groups is 1. The maximum Gasteiger partial charge on any atom is 0.410 e. The fourth-order valence-corrected chi connectivity index (χ4v) is 3.09. The Labute approximate surface area is 147 Å². The van der Waals surface area contributed by atoms with Crippen LogP contribution in [0.2, 0.25) is 0 Å². The van der Waals surface area contributed by atoms with Gasteiger partial charge in [0.1, 0.15) is 17.8 Å². The summed E-state index contributed by atoms with van der Waals surface area (Å²) in [6, 6.07) is 0.123. The van der Waals surface area contributed by atoms with Crippen LogP contribution >= 0.6 is 0 Å². The summed E-state index contributed by atoms with van der Waals surface area (Å²) in [7, 11) is 0. The van der Waals surface area contributed by atoms with Gasteiger partial charge in [0, 0.05) is 25.7 Å². The van der Waals surface area contributed by atoms with Gasteiger partial charge in [-0.1, -0.05) is 0 Å². The lowest BCUT2D eigenvalue weighted by molar-refractivity contribution is 0.0293. The van der Waals surface area contributed by atoms with Crippen LogP contribution in [0.1, 0.15) is 39.9 Å². The van der Waals surface area contributed by atoms with Gasteiger partial charge in [0.25, 0.3) is 0 Å². The number of anilines is 1. The van der Waals surface area contributed by atoms with E-state index in [2.05, 4.69) is 31.8 Å². The molecule has 1 aliphatic heterocycles. The molecule has 0 radical (unpaired) electrons. The van der Waals surface area contributed by atoms with E-state index in [1.807, 2.05) is 27.7 Å². The number of carbonyl (C=O) groups excluding carboxylic acids is 1. The molecule has 3 heterocycles. The Hall–Kier alpha value is -2.38. The summed E-state index contributed by atoms with van der Waals surface area (Å²) in [5.74, 6) is 1.64. The normalized spacial score (nSPS) is 18.0. The van der Waals surface area contributed by atoms with Crippen molar-refractivity contribution < 1.29 is 9.53 Å². The van der Waals surface area contributed by atoms with Gasteiger partial charge in [-0.15, -0.1) is 0 Å². The molecule has 8 nitrogen and oxygen atoms in total. The third-order valence-electron chi connectivity index (χ3n) is 4.22. The van der Waals surface area contributed by atoms with Crippen LogP contribution in [0.5, 0.6) is 0 Å². The number of hydrogen-bond donors (Lipinski definition) is 1. The van der Waals surface area contributed by atoms with E-state index in [0.717, 1.165) is 35.8 Å². The summed E-state index contributed by atoms with van der Waals surface area (Å²) in [5.41, 5.74) is 1.13. The minimum atomic E-state index is -0.480. The number of nitrogens with one attached hydrogen (secondary N) is 1. The van der Waals surface area contributed by atoms with E-state index in [9.17, 15) is 4.79 Å². The molecule has 2 aromatic rings. The quantitative estimate of drug-likeness (QED) is 0.919. The molecule has 1 fully saturated rings. The number of nitrogens with zero attached hydrogens (tertiary/aromatic N) is 5. The van der Waals surface area contributed by atoms with Gasteiger partial charge in [-0.25, -0.2) is 19.7 Å². The Morgan fingerprint density at radius 3 is 2.84 bits per heavy atom. The number of hydrogen-bond acceptors (Lipinski definition) is 6. The Balaban J connectivity index is 1.72. The van der Waals surface area contributed by atoms with Crippen molar-refractivity contribution in [3.63, 3.8) is 0 Å². The van der Waals surface area contributed by atoms with Crippen molar-refractivity contribution in [1.82, 2.24) is 24.4 Å². The second-order valence-corrected chi connectivity index (χ2v) is 7.35. The molecule has 1 N–H and O–H groups in total. The summed E-state index contributed by atoms with van der Waals surface area (Å²) < 4.78 is 7.50. The van der Waals surface area contributed by atoms with Gasteiger partial charge in [0.05, 0.1) is 0 Å². The summed E-state index contributed by atoms with van der Waals surface area (Å²) >= 11 is 0. The van der Waals surface area contributed by atoms with Crippen LogP contribution in [0, 0.1) is 6.92 Å². The first kappa shape index (κ1) is 17.4. The highest BCUT2D eigenvalue weighted by molar-refractivity contribution is 5.83. The topological polar surface area (TPSA) is 85.2 Å². The van der Waals surface area contributed by atoms with Gasteiger partial charge in [-0.05, 0) is 41.0 Å². The Bertz CT molecular complexity index is 779. The van der Waals surface area contributed by atoms with Crippen molar-refractivity contribution in [3.05, 3.63) is 12.2 Å². The zero-order chi connectivity index (χ0) is 18.2. The van der Waals surface area contributed by atoms with E-state index in [-0.39, 0.29) is 12.1 Å². The fourth-order valence-electron chi connectivity index (χ4n) is 3.09. The second-order valence-electron chi connectivity index (χ2n) is 7.35. The number of aromatic nitrogens is 4. The standard InChI is InChI=1S/C17H26N6O2/c1-6-23-11(2)20-13-14(18-10-19-15(13)23)21-12-7-8-22(9-12)16(24)25-17(3,4)5/h10,12H,6-9H2,1-5H3,(H,18,19,21). The first-order valence-electron chi connectivity index (χ1n) is 8.70. The SMILES string of the molecule is CCn1c(C)nc2c(NC3CCN(C(=O)OC(C)(C)C)C3)ncnc21. The molecule has 1 amide bonds. The summed E-state index contributed by atoms with van der Waals surface area (Å²) in [4.78, 5) is 27.2. The Morgan fingerprint density at radius 2 is 2.16 bits per heavy atom. The van der Waals surface area contributed by atoms with Crippen LogP contribution in [0.15, 0.2) is 6.33 Å². The van der Waals surface area contributed by atoms with Crippen molar-refractivity contribution in [2.75, 3.05) is 18.4 Å². The van der Waals surface area contributed by atoms with Crippen molar-refractivity contribution in [2.24, 2.45) is 0 Å². The molecule has 2 aromatic heterocycles. The van der Waals surface area contributed by atoms with Gasteiger partial charge < -0.3 is 19.5 Å². The van der Waals surface area contributed by atoms with Crippen molar-refractivity contribution in [3.8, 4) is 0 Å². The molecule has 1 saturated heterocycles. The molecule has 0 spiro atoms. The molecule has 8 heteroatoms. The lowest BCUT2D eigenvalue weighted by atomic mass is 10.2. The number of fused-ring (bicyclic) bond motifs is 1. The number of ether oxygens (including phenoxy) is 1. The number of rotatable bonds is 3. The lowest BCUT2D eigenvalue weighted by Gasteiger charge is -2.24. The van der Waals surface area contributed by atoms with E-state index in [0.29, 0.717) is 13.1 Å². The van der Waals surface area contributed by atoms with E-state index in [1.165, 1.54) is 0 Å². The minimum absolute atomic E-state index is 0.123. The van der Waals surface area contributed by atoms with Crippen LogP contribution in [-0.2, 0) is 11.3 Å². The predicted octanol–water partition coefficient (Wildman–Crippen LogP) is 2.58. The maximum atomic E-state index is 12.2. The van der Waals surface area contributed by atoms with Crippen LogP contribution in [0.3, 0.4) is 0 Å². The molecule has 0 saturated carbocycles. The number of imidazole rings is 1. The third kappa shape index (κ3) is 3.67. The molecule has 0 aliphatic carbocycles. The number of likely N-dealkylation sites (tertiary alicyclic amines) is 1. The maximum absolute atomic E-state index is 12.2. The zero-order valence-corrected chi connectivity index (χ0v) is 15.5. The van der Waals surface area contributed by atoms with Gasteiger partial charge in [0.2, 0.25) is 0 Å². The smallest absolute Gasteiger partial charge is 0.410 e. The van der Waals surface area contributed by atoms with Crippen LogP contribution in [-0.4, -0.2) is 55.2 Å². The lowest BCUT2D eigenvalue weighted by Crippen LogP contribution is -2.36. The predicted molar refractivity (Wildman–Crippen MR) is 95.6 cm³/mol. The second kappa shape index (κ2) is 6.50. The average Bonchev–Trinajstić information content (AvgIpc) is 3.10. The van der Waals surface area contributed by atoms with Crippen LogP contribution in [0.25, 0.3) is 11.2 Å². The molecular weight excluding hydrogens is 320 g/mol. The largest absolute Gasteiger partial charge is 0.444 e. The zero-order valence-electron chi connectivity index (χ0n) is 15.5. The molecule has 1 unspecified atom stereocenters. The number of aryl methyl sites for hydroxylation is 2. The Morgan fingerprint density at radius 1 is 1.40 bits per heavy atom. The van der Waals surface area contributed by atoms with Gasteiger partial charge in [0.15, 0.2) is 17.0 Å². The summed E-state index contributed by atoms with van der Waals surface area (Å²) in [5, 5.41) is 3.42. The van der Waals surface area contributed by atoms with Crippen LogP contribution in [0.4, 0.5) is 10.6 Å². The molecule has 25 heavy (non-hydrogen) atoms. The Kier molecular flexibility index (Phi) is 4.53. The van der Waals surface area contributed by atoms with E-state index in [1.54, 1.807) is 11.2 Å². The van der Waals surface area contributed by atoms with Crippen molar-refractivity contribution in [1.29, 1.82) is 0 Å². The molecule has 1 aliphatic rings. The summed E-state index contributed by atoms with van der Waals surface area (Å²) in [6.07, 6.45) is 2.13. The van der Waals surface area contributed by atoms with Crippen LogP contribution < -0.4 is 5.32 Å². The van der Waals surface area contributed by atoms with Crippen molar-refractivity contribution in [2.45, 2.75) is 59.2 Å². The first-order chi connectivity index (χ1) is 11.8. The van der Waals surface area contributed by atoms with E-state index >= 15 is 0 Å². The molecule has 1 atom stereocenters. The summed E-state index contributed by atoms with van der Waals surface area (Å²) in [6.45, 7) is 11.7.